The molecular weight excluding hydrogens is 1160 g/mol. The minimum atomic E-state index is -4.76. The second-order valence-electron chi connectivity index (χ2n) is 23.6. The van der Waals surface area contributed by atoms with Gasteiger partial charge in [-0.3, -0.25) is 19.2 Å². The van der Waals surface area contributed by atoms with E-state index in [-0.39, 0.29) is 49.7 Å². The molecule has 3 aromatic rings. The summed E-state index contributed by atoms with van der Waals surface area (Å²) in [4.78, 5) is 115. The number of nitrogens with one attached hydrogen (secondary N) is 1. The number of esters is 5. The Hall–Kier alpha value is -7.18. The average molecular weight is 1240 g/mol. The molecule has 87 heavy (non-hydrogen) atoms. The highest BCUT2D eigenvalue weighted by Crippen LogP contribution is 2.32. The van der Waals surface area contributed by atoms with Crippen LogP contribution in [0.1, 0.15) is 129 Å². The van der Waals surface area contributed by atoms with Gasteiger partial charge in [-0.15, -0.1) is 0 Å². The van der Waals surface area contributed by atoms with Crippen LogP contribution in [0.5, 0.6) is 0 Å². The monoisotopic (exact) mass is 1240 g/mol. The van der Waals surface area contributed by atoms with Crippen molar-refractivity contribution in [3.63, 3.8) is 0 Å². The first-order valence-electron chi connectivity index (χ1n) is 28.3. The summed E-state index contributed by atoms with van der Waals surface area (Å²) in [5.41, 5.74) is -5.17. The van der Waals surface area contributed by atoms with E-state index >= 15 is 4.39 Å². The number of amides is 3. The second kappa shape index (κ2) is 32.2. The maximum atomic E-state index is 15.8. The molecule has 3 rings (SSSR count). The molecule has 3 aromatic carbocycles. The van der Waals surface area contributed by atoms with Crippen LogP contribution in [0.2, 0.25) is 0 Å². The van der Waals surface area contributed by atoms with Gasteiger partial charge in [-0.05, 0) is 127 Å². The SMILES string of the molecule is CN[C@@H](CC(C)(C)F)C(=O)O[C@H](CCc1ccc(C(F)(F)F)cc1)C(=O)N(C)[C@@H](CC(C)C)C(=O)O[C@H](C)C(=O)N(C)[C@@H](CC(C)(C)F)C(=O)O[C@H](Cc1ccc(C(F)(F)F)cc1)C(=O)N(C)[C@@H](CC(C)C)C(=O)O[C@H](C)C(=O)OCc1ccccc1. The average Bonchev–Trinajstić information content (AvgIpc) is 2.16. The fourth-order valence-corrected chi connectivity index (χ4v) is 9.05. The molecule has 0 aliphatic heterocycles. The fraction of sp³-hybridized carbons (Fsp3) is 0.581. The molecule has 0 aliphatic carbocycles. The Morgan fingerprint density at radius 3 is 1.32 bits per heavy atom. The molecule has 0 saturated heterocycles. The number of carbonyl (C=O) groups is 8. The van der Waals surface area contributed by atoms with Gasteiger partial charge in [0.15, 0.2) is 24.4 Å². The first kappa shape index (κ1) is 74.1. The summed E-state index contributed by atoms with van der Waals surface area (Å²) in [6.45, 7) is 13.5. The Labute approximate surface area is 503 Å². The van der Waals surface area contributed by atoms with E-state index in [1.54, 1.807) is 58.0 Å². The molecule has 1 N–H and O–H groups in total. The zero-order valence-electron chi connectivity index (χ0n) is 51.6. The Morgan fingerprint density at radius 1 is 0.471 bits per heavy atom. The third-order valence-corrected chi connectivity index (χ3v) is 13.9. The van der Waals surface area contributed by atoms with Crippen LogP contribution in [0.15, 0.2) is 78.9 Å². The lowest BCUT2D eigenvalue weighted by Gasteiger charge is -2.35. The van der Waals surface area contributed by atoms with E-state index in [1.165, 1.54) is 54.0 Å². The van der Waals surface area contributed by atoms with Gasteiger partial charge in [0, 0.05) is 40.4 Å². The smallest absolute Gasteiger partial charge is 0.416 e. The fourth-order valence-electron chi connectivity index (χ4n) is 9.05. The molecule has 17 nitrogen and oxygen atoms in total. The van der Waals surface area contributed by atoms with Crippen LogP contribution in [0, 0.1) is 11.8 Å². The Morgan fingerprint density at radius 2 is 0.885 bits per heavy atom. The van der Waals surface area contributed by atoms with Crippen LogP contribution < -0.4 is 5.32 Å². The maximum absolute atomic E-state index is 15.8. The molecule has 0 aliphatic rings. The van der Waals surface area contributed by atoms with Gasteiger partial charge in [-0.25, -0.2) is 28.0 Å². The molecule has 25 heteroatoms. The van der Waals surface area contributed by atoms with Crippen molar-refractivity contribution in [1.29, 1.82) is 0 Å². The van der Waals surface area contributed by atoms with Crippen LogP contribution >= 0.6 is 0 Å². The van der Waals surface area contributed by atoms with Gasteiger partial charge in [-0.1, -0.05) is 82.3 Å². The topological polar surface area (TPSA) is 204 Å². The lowest BCUT2D eigenvalue weighted by molar-refractivity contribution is -0.176. The summed E-state index contributed by atoms with van der Waals surface area (Å²) in [5, 5.41) is 2.64. The van der Waals surface area contributed by atoms with Crippen LogP contribution in [-0.4, -0.2) is 150 Å². The summed E-state index contributed by atoms with van der Waals surface area (Å²) in [6.07, 6.45) is -18.9. The van der Waals surface area contributed by atoms with Crippen LogP contribution in [0.4, 0.5) is 35.1 Å². The number of hydrogen-bond acceptors (Lipinski definition) is 14. The number of alkyl halides is 8. The summed E-state index contributed by atoms with van der Waals surface area (Å²) in [6, 6.07) is 9.93. The summed E-state index contributed by atoms with van der Waals surface area (Å²) >= 11 is 0. The van der Waals surface area contributed by atoms with Gasteiger partial charge in [0.2, 0.25) is 0 Å². The van der Waals surface area contributed by atoms with Gasteiger partial charge >= 0.3 is 42.2 Å². The molecule has 0 unspecified atom stereocenters. The van der Waals surface area contributed by atoms with Crippen molar-refractivity contribution >= 4 is 47.6 Å². The highest BCUT2D eigenvalue weighted by atomic mass is 19.4. The number of carbonyl (C=O) groups excluding carboxylic acids is 8. The van der Waals surface area contributed by atoms with Crippen molar-refractivity contribution in [2.75, 3.05) is 28.2 Å². The quantitative estimate of drug-likeness (QED) is 0.0362. The minimum absolute atomic E-state index is 0.0266. The number of ether oxygens (including phenoxy) is 5. The first-order chi connectivity index (χ1) is 40.1. The van der Waals surface area contributed by atoms with E-state index < -0.39 is 150 Å². The second-order valence-corrected chi connectivity index (χ2v) is 23.6. The highest BCUT2D eigenvalue weighted by Gasteiger charge is 2.43. The molecule has 0 saturated carbocycles. The van der Waals surface area contributed by atoms with Gasteiger partial charge < -0.3 is 43.7 Å². The standard InChI is InChI=1S/C62H82F8N4O13/c1-36(2)30-46(72(12)52(76)49(86-55(79)45(71-11)33-59(7,8)63)29-24-40-20-25-43(26-21-40)61(65,66)67)56(80)84-38(5)51(75)74(14)48(34-60(9,10)64)58(82)87-50(32-41-22-27-44(28-23-41)62(68,69)70)53(77)73(13)47(31-37(3)4)57(81)85-39(6)54(78)83-35-42-18-16-15-17-19-42/h15-23,25-28,36-39,45-50,71H,24,29-35H2,1-14H3/t38-,39-,45+,46+,47+,48+,49-,50-/m1/s1. The third kappa shape index (κ3) is 24.1. The molecule has 0 heterocycles. The minimum Gasteiger partial charge on any atom is -0.458 e. The zero-order chi connectivity index (χ0) is 66.1. The Kier molecular flexibility index (Phi) is 27.4. The predicted molar refractivity (Wildman–Crippen MR) is 303 cm³/mol. The number of halogens is 8. The van der Waals surface area contributed by atoms with Gasteiger partial charge in [0.05, 0.1) is 11.1 Å². The van der Waals surface area contributed by atoms with E-state index in [1.807, 2.05) is 0 Å². The van der Waals surface area contributed by atoms with Gasteiger partial charge in [-0.2, -0.15) is 26.3 Å². The number of benzene rings is 3. The van der Waals surface area contributed by atoms with E-state index in [9.17, 15) is 69.1 Å². The molecular formula is C62H82F8N4O13. The van der Waals surface area contributed by atoms with Crippen molar-refractivity contribution in [3.05, 3.63) is 107 Å². The molecule has 0 fully saturated rings. The summed E-state index contributed by atoms with van der Waals surface area (Å²) in [7, 11) is 4.75. The van der Waals surface area contributed by atoms with E-state index in [0.29, 0.717) is 16.0 Å². The van der Waals surface area contributed by atoms with E-state index in [2.05, 4.69) is 5.32 Å². The van der Waals surface area contributed by atoms with Crippen molar-refractivity contribution in [2.24, 2.45) is 11.8 Å². The van der Waals surface area contributed by atoms with Gasteiger partial charge in [0.25, 0.3) is 17.7 Å². The van der Waals surface area contributed by atoms with Gasteiger partial charge in [0.1, 0.15) is 42.1 Å². The normalized spacial score (nSPS) is 14.9. The number of nitrogens with zero attached hydrogens (tertiary/aromatic N) is 3. The van der Waals surface area contributed by atoms with Crippen molar-refractivity contribution in [1.82, 2.24) is 20.0 Å². The van der Waals surface area contributed by atoms with E-state index in [0.717, 1.165) is 74.0 Å². The molecule has 0 radical (unpaired) electrons. The van der Waals surface area contributed by atoms with Crippen molar-refractivity contribution in [2.45, 2.75) is 193 Å². The third-order valence-electron chi connectivity index (χ3n) is 13.9. The number of likely N-dealkylation sites (N-methyl/N-ethyl adjacent to an activating group) is 4. The number of aryl methyl sites for hydroxylation is 1. The predicted octanol–water partition coefficient (Wildman–Crippen LogP) is 9.77. The molecule has 0 aromatic heterocycles. The number of rotatable bonds is 31. The largest absolute Gasteiger partial charge is 0.458 e. The molecule has 0 spiro atoms. The summed E-state index contributed by atoms with van der Waals surface area (Å²) in [5.74, 6) is -9.55. The van der Waals surface area contributed by atoms with Crippen LogP contribution in [-0.2, 0) is 93.8 Å². The lowest BCUT2D eigenvalue weighted by atomic mass is 9.98. The highest BCUT2D eigenvalue weighted by molar-refractivity contribution is 5.93. The molecule has 0 bridgehead atoms. The summed E-state index contributed by atoms with van der Waals surface area (Å²) < 4.78 is 140. The maximum Gasteiger partial charge on any atom is 0.416 e. The van der Waals surface area contributed by atoms with Crippen LogP contribution in [0.3, 0.4) is 0 Å². The van der Waals surface area contributed by atoms with Crippen LogP contribution in [0.25, 0.3) is 0 Å². The Balaban J connectivity index is 1.99. The lowest BCUT2D eigenvalue weighted by Crippen LogP contribution is -2.54. The zero-order valence-corrected chi connectivity index (χ0v) is 51.6. The molecule has 3 amide bonds. The molecule has 484 valence electrons. The van der Waals surface area contributed by atoms with E-state index in [4.69, 9.17) is 23.7 Å². The molecule has 8 atom stereocenters. The van der Waals surface area contributed by atoms with Crippen molar-refractivity contribution in [3.8, 4) is 0 Å². The Bertz CT molecular complexity index is 2770. The number of hydrogen-bond donors (Lipinski definition) is 1. The first-order valence-corrected chi connectivity index (χ1v) is 28.3. The van der Waals surface area contributed by atoms with Crippen molar-refractivity contribution < 1.29 is 97.2 Å².